The molecular weight excluding hydrogens is 552 g/mol. The number of ether oxygens (including phenoxy) is 1. The van der Waals surface area contributed by atoms with E-state index in [0.717, 1.165) is 26.7 Å². The number of nitrogens with zero attached hydrogens (tertiary/aromatic N) is 1. The molecule has 2 amide bonds. The minimum atomic E-state index is -0.707. The van der Waals surface area contributed by atoms with Crippen LogP contribution in [0.3, 0.4) is 0 Å². The minimum Gasteiger partial charge on any atom is -0.484 e. The molecule has 0 saturated heterocycles. The first-order valence-electron chi connectivity index (χ1n) is 12.4. The number of amides is 2. The number of hydrogen-bond donors (Lipinski definition) is 1. The molecule has 0 aliphatic heterocycles. The second-order valence-electron chi connectivity index (χ2n) is 9.65. The fourth-order valence-corrected chi connectivity index (χ4v) is 4.34. The van der Waals surface area contributed by atoms with Gasteiger partial charge in [0.25, 0.3) is 5.91 Å². The van der Waals surface area contributed by atoms with Crippen molar-refractivity contribution in [1.82, 2.24) is 10.2 Å². The fourth-order valence-electron chi connectivity index (χ4n) is 3.98. The third-order valence-electron chi connectivity index (χ3n) is 5.99. The van der Waals surface area contributed by atoms with Gasteiger partial charge in [-0.15, -0.1) is 0 Å². The molecule has 0 spiro atoms. The SMILES string of the molecule is Cc1cc(OCC(=O)N(Cc2ccc(Cl)cc2)C(Cc2ccccc2)C(=O)NCC(C)C)cc(C)c1Br. The molecule has 3 rings (SSSR count). The lowest BCUT2D eigenvalue weighted by molar-refractivity contribution is -0.142. The molecule has 5 nitrogen and oxygen atoms in total. The number of hydrogen-bond acceptors (Lipinski definition) is 3. The first-order chi connectivity index (χ1) is 17.6. The van der Waals surface area contributed by atoms with Crippen molar-refractivity contribution in [2.75, 3.05) is 13.2 Å². The zero-order valence-corrected chi connectivity index (χ0v) is 24.1. The van der Waals surface area contributed by atoms with E-state index in [4.69, 9.17) is 16.3 Å². The molecule has 0 aliphatic rings. The molecule has 1 N–H and O–H groups in total. The summed E-state index contributed by atoms with van der Waals surface area (Å²) in [5, 5.41) is 3.64. The molecule has 7 heteroatoms. The predicted molar refractivity (Wildman–Crippen MR) is 153 cm³/mol. The summed E-state index contributed by atoms with van der Waals surface area (Å²) in [6.45, 7) is 8.64. The van der Waals surface area contributed by atoms with Gasteiger partial charge in [0.2, 0.25) is 5.91 Å². The lowest BCUT2D eigenvalue weighted by Crippen LogP contribution is -2.52. The summed E-state index contributed by atoms with van der Waals surface area (Å²) in [6.07, 6.45) is 0.389. The Labute approximate surface area is 233 Å². The maximum Gasteiger partial charge on any atom is 0.261 e. The lowest BCUT2D eigenvalue weighted by Gasteiger charge is -2.31. The molecule has 196 valence electrons. The third-order valence-corrected chi connectivity index (χ3v) is 7.50. The summed E-state index contributed by atoms with van der Waals surface area (Å²) >= 11 is 9.65. The van der Waals surface area contributed by atoms with E-state index in [0.29, 0.717) is 23.7 Å². The number of benzene rings is 3. The van der Waals surface area contributed by atoms with Crippen molar-refractivity contribution in [2.24, 2.45) is 5.92 Å². The highest BCUT2D eigenvalue weighted by molar-refractivity contribution is 9.10. The van der Waals surface area contributed by atoms with E-state index in [1.165, 1.54) is 0 Å². The normalized spacial score (nSPS) is 11.8. The van der Waals surface area contributed by atoms with Gasteiger partial charge in [-0.25, -0.2) is 0 Å². The summed E-state index contributed by atoms with van der Waals surface area (Å²) in [5.41, 5.74) is 3.90. The Morgan fingerprint density at radius 1 is 0.973 bits per heavy atom. The average molecular weight is 586 g/mol. The van der Waals surface area contributed by atoms with Gasteiger partial charge in [-0.3, -0.25) is 9.59 Å². The van der Waals surface area contributed by atoms with Gasteiger partial charge in [-0.1, -0.05) is 83.8 Å². The summed E-state index contributed by atoms with van der Waals surface area (Å²) < 4.78 is 6.95. The van der Waals surface area contributed by atoms with Crippen LogP contribution < -0.4 is 10.1 Å². The topological polar surface area (TPSA) is 58.6 Å². The third kappa shape index (κ3) is 8.61. The quantitative estimate of drug-likeness (QED) is 0.279. The fraction of sp³-hybridized carbons (Fsp3) is 0.333. The van der Waals surface area contributed by atoms with Crippen LogP contribution in [0, 0.1) is 19.8 Å². The number of nitrogens with one attached hydrogen (secondary N) is 1. The summed E-state index contributed by atoms with van der Waals surface area (Å²) in [4.78, 5) is 28.8. The van der Waals surface area contributed by atoms with Gasteiger partial charge in [0.1, 0.15) is 11.8 Å². The Bertz CT molecular complexity index is 1180. The molecule has 0 radical (unpaired) electrons. The number of rotatable bonds is 11. The average Bonchev–Trinajstić information content (AvgIpc) is 2.88. The first-order valence-corrected chi connectivity index (χ1v) is 13.6. The van der Waals surface area contributed by atoms with E-state index in [1.54, 1.807) is 17.0 Å². The minimum absolute atomic E-state index is 0.184. The van der Waals surface area contributed by atoms with Crippen LogP contribution in [-0.2, 0) is 22.6 Å². The zero-order valence-electron chi connectivity index (χ0n) is 21.8. The van der Waals surface area contributed by atoms with Crippen LogP contribution in [0.15, 0.2) is 71.2 Å². The molecule has 0 fully saturated rings. The maximum atomic E-state index is 13.7. The highest BCUT2D eigenvalue weighted by Crippen LogP contribution is 2.26. The van der Waals surface area contributed by atoms with Crippen LogP contribution in [-0.4, -0.2) is 35.9 Å². The van der Waals surface area contributed by atoms with Crippen LogP contribution in [0.4, 0.5) is 0 Å². The molecule has 0 saturated carbocycles. The first kappa shape index (κ1) is 28.7. The Kier molecular flexibility index (Phi) is 10.6. The van der Waals surface area contributed by atoms with Crippen molar-refractivity contribution in [3.63, 3.8) is 0 Å². The highest BCUT2D eigenvalue weighted by Gasteiger charge is 2.30. The van der Waals surface area contributed by atoms with Crippen molar-refractivity contribution < 1.29 is 14.3 Å². The standard InChI is InChI=1S/C30H34BrClN2O3/c1-20(2)17-33-30(36)27(16-23-8-6-5-7-9-23)34(18-24-10-12-25(32)13-11-24)28(35)19-37-26-14-21(3)29(31)22(4)15-26/h5-15,20,27H,16-19H2,1-4H3,(H,33,36). The Morgan fingerprint density at radius 2 is 1.59 bits per heavy atom. The van der Waals surface area contributed by atoms with Gasteiger partial charge in [-0.05, 0) is 66.3 Å². The summed E-state index contributed by atoms with van der Waals surface area (Å²) in [5.74, 6) is 0.444. The van der Waals surface area contributed by atoms with E-state index < -0.39 is 6.04 Å². The monoisotopic (exact) mass is 584 g/mol. The second kappa shape index (κ2) is 13.6. The highest BCUT2D eigenvalue weighted by atomic mass is 79.9. The van der Waals surface area contributed by atoms with Gasteiger partial charge in [0, 0.05) is 29.0 Å². The second-order valence-corrected chi connectivity index (χ2v) is 10.9. The zero-order chi connectivity index (χ0) is 26.9. The Balaban J connectivity index is 1.91. The van der Waals surface area contributed by atoms with Gasteiger partial charge in [-0.2, -0.15) is 0 Å². The van der Waals surface area contributed by atoms with Crippen LogP contribution >= 0.6 is 27.5 Å². The molecule has 0 heterocycles. The van der Waals surface area contributed by atoms with E-state index >= 15 is 0 Å². The molecule has 0 bridgehead atoms. The van der Waals surface area contributed by atoms with Crippen molar-refractivity contribution in [1.29, 1.82) is 0 Å². The summed E-state index contributed by atoms with van der Waals surface area (Å²) in [7, 11) is 0. The van der Waals surface area contributed by atoms with Gasteiger partial charge in [0.05, 0.1) is 0 Å². The van der Waals surface area contributed by atoms with Crippen LogP contribution in [0.1, 0.15) is 36.1 Å². The molecule has 37 heavy (non-hydrogen) atoms. The lowest BCUT2D eigenvalue weighted by atomic mass is 10.0. The van der Waals surface area contributed by atoms with E-state index in [2.05, 4.69) is 21.2 Å². The molecule has 1 atom stereocenters. The smallest absolute Gasteiger partial charge is 0.261 e. The van der Waals surface area contributed by atoms with E-state index in [9.17, 15) is 9.59 Å². The number of halogens is 2. The van der Waals surface area contributed by atoms with Crippen LogP contribution in [0.2, 0.25) is 5.02 Å². The number of aryl methyl sites for hydroxylation is 2. The van der Waals surface area contributed by atoms with Crippen molar-refractivity contribution >= 4 is 39.3 Å². The van der Waals surface area contributed by atoms with E-state index in [-0.39, 0.29) is 30.9 Å². The largest absolute Gasteiger partial charge is 0.484 e. The maximum absolute atomic E-state index is 13.7. The molecule has 0 aromatic heterocycles. The van der Waals surface area contributed by atoms with Crippen molar-refractivity contribution in [3.05, 3.63) is 98.5 Å². The number of carbonyl (C=O) groups excluding carboxylic acids is 2. The van der Waals surface area contributed by atoms with Crippen LogP contribution in [0.5, 0.6) is 5.75 Å². The van der Waals surface area contributed by atoms with Gasteiger partial charge >= 0.3 is 0 Å². The molecule has 3 aromatic carbocycles. The van der Waals surface area contributed by atoms with Crippen molar-refractivity contribution in [2.45, 2.75) is 46.7 Å². The van der Waals surface area contributed by atoms with Gasteiger partial charge in [0.15, 0.2) is 6.61 Å². The molecule has 0 aliphatic carbocycles. The molecular formula is C30H34BrClN2O3. The van der Waals surface area contributed by atoms with Crippen molar-refractivity contribution in [3.8, 4) is 5.75 Å². The summed E-state index contributed by atoms with van der Waals surface area (Å²) in [6, 6.07) is 20.1. The van der Waals surface area contributed by atoms with Crippen LogP contribution in [0.25, 0.3) is 0 Å². The molecule has 3 aromatic rings. The predicted octanol–water partition coefficient (Wildman–Crippen LogP) is 6.51. The van der Waals surface area contributed by atoms with E-state index in [1.807, 2.05) is 82.3 Å². The Hall–Kier alpha value is -2.83. The number of carbonyl (C=O) groups is 2. The van der Waals surface area contributed by atoms with Gasteiger partial charge < -0.3 is 15.0 Å². The molecule has 1 unspecified atom stereocenters. The Morgan fingerprint density at radius 3 is 2.19 bits per heavy atom.